The Bertz CT molecular complexity index is 1650. The predicted molar refractivity (Wildman–Crippen MR) is 171 cm³/mol. The molecule has 0 radical (unpaired) electrons. The topological polar surface area (TPSA) is 138 Å². The van der Waals surface area contributed by atoms with Crippen molar-refractivity contribution < 1.29 is 38.7 Å². The Morgan fingerprint density at radius 3 is 2.41 bits per heavy atom. The summed E-state index contributed by atoms with van der Waals surface area (Å²) in [5.74, 6) is -0.320. The number of nitrogens with zero attached hydrogens (tertiary/aromatic N) is 4. The van der Waals surface area contributed by atoms with Gasteiger partial charge in [-0.3, -0.25) is 4.90 Å². The van der Waals surface area contributed by atoms with E-state index in [1.807, 2.05) is 43.3 Å². The number of benzene rings is 2. The lowest BCUT2D eigenvalue weighted by Crippen LogP contribution is -2.37. The van der Waals surface area contributed by atoms with Crippen molar-refractivity contribution in [3.63, 3.8) is 0 Å². The third-order valence-corrected chi connectivity index (χ3v) is 8.16. The summed E-state index contributed by atoms with van der Waals surface area (Å²) in [6, 6.07) is 12.8. The zero-order valence-electron chi connectivity index (χ0n) is 26.0. The first-order valence-electron chi connectivity index (χ1n) is 14.8. The lowest BCUT2D eigenvalue weighted by molar-refractivity contribution is 0.0358. The van der Waals surface area contributed by atoms with Crippen molar-refractivity contribution in [2.75, 3.05) is 53.7 Å². The number of methoxy groups -OCH3 is 2. The van der Waals surface area contributed by atoms with Crippen LogP contribution in [0.15, 0.2) is 48.7 Å². The Labute approximate surface area is 272 Å². The minimum Gasteiger partial charge on any atom is -0.506 e. The van der Waals surface area contributed by atoms with Gasteiger partial charge in [-0.15, -0.1) is 0 Å². The fourth-order valence-corrected chi connectivity index (χ4v) is 5.62. The Morgan fingerprint density at radius 2 is 1.72 bits per heavy atom. The molecule has 12 nitrogen and oxygen atoms in total. The van der Waals surface area contributed by atoms with Gasteiger partial charge in [-0.1, -0.05) is 41.9 Å². The van der Waals surface area contributed by atoms with Crippen LogP contribution < -0.4 is 18.9 Å². The maximum atomic E-state index is 11.6. The normalized spacial score (nSPS) is 13.4. The van der Waals surface area contributed by atoms with Crippen LogP contribution in [-0.2, 0) is 17.9 Å². The van der Waals surface area contributed by atoms with Crippen LogP contribution in [0.2, 0.25) is 5.02 Å². The number of carboxylic acid groups (broad SMARTS) is 1. The van der Waals surface area contributed by atoms with E-state index in [4.69, 9.17) is 35.3 Å². The van der Waals surface area contributed by atoms with Crippen molar-refractivity contribution in [3.05, 3.63) is 76.1 Å². The van der Waals surface area contributed by atoms with Gasteiger partial charge in [0.05, 0.1) is 51.2 Å². The van der Waals surface area contributed by atoms with Crippen LogP contribution in [0.4, 0.5) is 0 Å². The summed E-state index contributed by atoms with van der Waals surface area (Å²) < 4.78 is 29.8. The lowest BCUT2D eigenvalue weighted by Gasteiger charge is -2.26. The molecule has 0 amide bonds. The molecule has 3 heterocycles. The number of aromatic hydroxyl groups is 1. The second-order valence-corrected chi connectivity index (χ2v) is 11.0. The van der Waals surface area contributed by atoms with Crippen molar-refractivity contribution in [2.24, 2.45) is 0 Å². The molecule has 0 saturated carbocycles. The highest BCUT2D eigenvalue weighted by Crippen LogP contribution is 2.37. The fraction of sp³-hybridized carbons (Fsp3) is 0.364. The number of carbonyl (C=O) groups is 1. The average Bonchev–Trinajstić information content (AvgIpc) is 3.44. The van der Waals surface area contributed by atoms with Crippen LogP contribution in [0.25, 0.3) is 11.1 Å². The molecule has 244 valence electrons. The summed E-state index contributed by atoms with van der Waals surface area (Å²) in [5.41, 5.74) is 3.76. The standard InChI is InChI=1S/C33H37ClN4O8/c1-21-24(8-5-10-28(21)45-14-6-11-37-12-15-44-16-13-37)25-9-4-7-22(29(25)34)20-46-33-35-30(42-2)26(31(36-33)43-3)19-38-18-23(39)17-27(38)32(40)41/h4-5,7-10,17-18,39H,6,11-16,19-20H2,1-3H3,(H,40,41). The van der Waals surface area contributed by atoms with Crippen molar-refractivity contribution in [3.8, 4) is 40.4 Å². The van der Waals surface area contributed by atoms with E-state index in [1.54, 1.807) is 0 Å². The summed E-state index contributed by atoms with van der Waals surface area (Å²) in [6.07, 6.45) is 2.22. The van der Waals surface area contributed by atoms with E-state index in [-0.39, 0.29) is 42.4 Å². The quantitative estimate of drug-likeness (QED) is 0.177. The zero-order valence-corrected chi connectivity index (χ0v) is 26.7. The Kier molecular flexibility index (Phi) is 10.8. The van der Waals surface area contributed by atoms with Gasteiger partial charge in [-0.05, 0) is 30.5 Å². The zero-order chi connectivity index (χ0) is 32.6. The van der Waals surface area contributed by atoms with Gasteiger partial charge in [0.2, 0.25) is 11.8 Å². The number of hydrogen-bond acceptors (Lipinski definition) is 10. The molecule has 0 atom stereocenters. The SMILES string of the molecule is COc1nc(OCc2cccc(-c3cccc(OCCCN4CCOCC4)c3C)c2Cl)nc(OC)c1Cn1cc(O)cc1C(=O)O. The number of halogens is 1. The summed E-state index contributed by atoms with van der Waals surface area (Å²) >= 11 is 6.92. The van der Waals surface area contributed by atoms with Gasteiger partial charge in [0, 0.05) is 43.0 Å². The fourth-order valence-electron chi connectivity index (χ4n) is 5.34. The number of hydrogen-bond donors (Lipinski definition) is 2. The van der Waals surface area contributed by atoms with Crippen LogP contribution in [0.5, 0.6) is 29.3 Å². The molecule has 5 rings (SSSR count). The predicted octanol–water partition coefficient (Wildman–Crippen LogP) is 5.06. The number of ether oxygens (including phenoxy) is 5. The third kappa shape index (κ3) is 7.64. The van der Waals surface area contributed by atoms with Gasteiger partial charge < -0.3 is 38.5 Å². The van der Waals surface area contributed by atoms with Crippen LogP contribution in [0.1, 0.15) is 33.6 Å². The molecule has 1 saturated heterocycles. The van der Waals surface area contributed by atoms with E-state index in [2.05, 4.69) is 14.9 Å². The van der Waals surface area contributed by atoms with E-state index < -0.39 is 5.97 Å². The molecule has 0 spiro atoms. The molecule has 0 unspecified atom stereocenters. The highest BCUT2D eigenvalue weighted by atomic mass is 35.5. The van der Waals surface area contributed by atoms with E-state index >= 15 is 0 Å². The van der Waals surface area contributed by atoms with Crippen molar-refractivity contribution in [1.29, 1.82) is 0 Å². The summed E-state index contributed by atoms with van der Waals surface area (Å²) in [6.45, 7) is 7.13. The third-order valence-electron chi connectivity index (χ3n) is 7.72. The first-order chi connectivity index (χ1) is 22.3. The largest absolute Gasteiger partial charge is 0.506 e. The van der Waals surface area contributed by atoms with E-state index in [9.17, 15) is 15.0 Å². The van der Waals surface area contributed by atoms with Gasteiger partial charge in [-0.2, -0.15) is 9.97 Å². The van der Waals surface area contributed by atoms with Crippen molar-refractivity contribution in [1.82, 2.24) is 19.4 Å². The van der Waals surface area contributed by atoms with Gasteiger partial charge >= 0.3 is 12.0 Å². The molecule has 0 aliphatic carbocycles. The summed E-state index contributed by atoms with van der Waals surface area (Å²) in [4.78, 5) is 22.7. The number of aromatic carboxylic acids is 1. The van der Waals surface area contributed by atoms with Crippen LogP contribution in [0.3, 0.4) is 0 Å². The molecule has 1 fully saturated rings. The molecule has 2 N–H and O–H groups in total. The molecular formula is C33H37ClN4O8. The minimum absolute atomic E-state index is 0.0172. The lowest BCUT2D eigenvalue weighted by atomic mass is 9.98. The molecule has 13 heteroatoms. The number of rotatable bonds is 14. The van der Waals surface area contributed by atoms with E-state index in [0.717, 1.165) is 73.3 Å². The molecule has 2 aromatic heterocycles. The first-order valence-corrected chi connectivity index (χ1v) is 15.2. The van der Waals surface area contributed by atoms with E-state index in [0.29, 0.717) is 17.2 Å². The highest BCUT2D eigenvalue weighted by Gasteiger charge is 2.22. The average molecular weight is 653 g/mol. The van der Waals surface area contributed by atoms with Gasteiger partial charge in [-0.25, -0.2) is 4.79 Å². The molecule has 0 bridgehead atoms. The number of aromatic nitrogens is 3. The van der Waals surface area contributed by atoms with Crippen molar-refractivity contribution in [2.45, 2.75) is 26.5 Å². The van der Waals surface area contributed by atoms with Gasteiger partial charge in [0.15, 0.2) is 0 Å². The Morgan fingerprint density at radius 1 is 1.02 bits per heavy atom. The minimum atomic E-state index is -1.20. The molecule has 4 aromatic rings. The second kappa shape index (κ2) is 15.2. The second-order valence-electron chi connectivity index (χ2n) is 10.7. The summed E-state index contributed by atoms with van der Waals surface area (Å²) in [7, 11) is 2.84. The molecule has 1 aliphatic rings. The smallest absolute Gasteiger partial charge is 0.352 e. The maximum Gasteiger partial charge on any atom is 0.352 e. The van der Waals surface area contributed by atoms with Crippen LogP contribution in [-0.4, -0.2) is 89.3 Å². The Balaban J connectivity index is 1.29. The first kappa shape index (κ1) is 32.9. The highest BCUT2D eigenvalue weighted by molar-refractivity contribution is 6.34. The maximum absolute atomic E-state index is 11.6. The molecule has 1 aliphatic heterocycles. The Hall–Kier alpha value is -4.52. The van der Waals surface area contributed by atoms with Gasteiger partial charge in [0.25, 0.3) is 0 Å². The van der Waals surface area contributed by atoms with Crippen LogP contribution >= 0.6 is 11.6 Å². The molecule has 46 heavy (non-hydrogen) atoms. The molecule has 2 aromatic carbocycles. The van der Waals surface area contributed by atoms with Crippen molar-refractivity contribution >= 4 is 17.6 Å². The van der Waals surface area contributed by atoms with E-state index in [1.165, 1.54) is 25.0 Å². The molecular weight excluding hydrogens is 616 g/mol. The monoisotopic (exact) mass is 652 g/mol. The number of morpholine rings is 1. The van der Waals surface area contributed by atoms with Crippen LogP contribution in [0, 0.1) is 6.92 Å². The number of carboxylic acids is 1. The summed E-state index contributed by atoms with van der Waals surface area (Å²) in [5, 5.41) is 19.9. The van der Waals surface area contributed by atoms with Gasteiger partial charge in [0.1, 0.15) is 23.8 Å².